The molecule has 1 aliphatic heterocycles. The molecule has 98 valence electrons. The molecule has 3 rings (SSSR count). The van der Waals surface area contributed by atoms with Crippen LogP contribution in [0.5, 0.6) is 5.75 Å². The summed E-state index contributed by atoms with van der Waals surface area (Å²) in [6.45, 7) is 0. The number of hydrogen-bond acceptors (Lipinski definition) is 5. The lowest BCUT2D eigenvalue weighted by molar-refractivity contribution is 0.412. The van der Waals surface area contributed by atoms with Crippen LogP contribution in [-0.4, -0.2) is 12.9 Å². The highest BCUT2D eigenvalue weighted by Gasteiger charge is 2.16. The molecule has 19 heavy (non-hydrogen) atoms. The smallest absolute Gasteiger partial charge is 0.208 e. The van der Waals surface area contributed by atoms with Gasteiger partial charge in [-0.25, -0.2) is 0 Å². The van der Waals surface area contributed by atoms with E-state index in [0.29, 0.717) is 11.4 Å². The van der Waals surface area contributed by atoms with Gasteiger partial charge < -0.3 is 4.74 Å². The van der Waals surface area contributed by atoms with Crippen molar-refractivity contribution in [2.75, 3.05) is 7.11 Å². The monoisotopic (exact) mass is 294 g/mol. The third-order valence-corrected chi connectivity index (χ3v) is 3.71. The number of nitrogens with zero attached hydrogens (tertiary/aromatic N) is 1. The molecule has 0 saturated carbocycles. The van der Waals surface area contributed by atoms with E-state index in [-0.39, 0.29) is 0 Å². The molecule has 6 heteroatoms. The maximum atomic E-state index is 6.32. The number of rotatable bonds is 3. The SMILES string of the molecule is COc1c(CC2=NOSN2)cc(Cl)c2ccccc12. The van der Waals surface area contributed by atoms with Crippen LogP contribution in [0.25, 0.3) is 10.8 Å². The minimum absolute atomic E-state index is 0.584. The highest BCUT2D eigenvalue weighted by atomic mass is 35.5. The summed E-state index contributed by atoms with van der Waals surface area (Å²) in [6.07, 6.45) is 0.584. The first kappa shape index (κ1) is 12.4. The van der Waals surface area contributed by atoms with Crippen molar-refractivity contribution < 1.29 is 9.02 Å². The minimum atomic E-state index is 0.584. The Hall–Kier alpha value is -1.59. The van der Waals surface area contributed by atoms with Gasteiger partial charge in [-0.2, -0.15) is 0 Å². The molecule has 0 spiro atoms. The standard InChI is InChI=1S/C13H11ClN2O2S/c1-17-13-8(7-12-15-18-19-16-12)6-11(14)9-4-2-3-5-10(9)13/h2-6H,7H2,1H3,(H,15,16). The highest BCUT2D eigenvalue weighted by molar-refractivity contribution is 7.93. The molecule has 2 aromatic carbocycles. The van der Waals surface area contributed by atoms with Crippen molar-refractivity contribution in [1.29, 1.82) is 0 Å². The lowest BCUT2D eigenvalue weighted by Crippen LogP contribution is -2.14. The van der Waals surface area contributed by atoms with E-state index in [9.17, 15) is 0 Å². The third kappa shape index (κ3) is 2.31. The largest absolute Gasteiger partial charge is 0.496 e. The average molecular weight is 295 g/mol. The van der Waals surface area contributed by atoms with Gasteiger partial charge in [-0.3, -0.25) is 9.01 Å². The van der Waals surface area contributed by atoms with Crippen LogP contribution in [0.15, 0.2) is 35.5 Å². The number of ether oxygens (including phenoxy) is 1. The van der Waals surface area contributed by atoms with Crippen LogP contribution < -0.4 is 9.46 Å². The number of halogens is 1. The van der Waals surface area contributed by atoms with E-state index in [1.807, 2.05) is 30.3 Å². The summed E-state index contributed by atoms with van der Waals surface area (Å²) in [4.78, 5) is 0. The zero-order chi connectivity index (χ0) is 13.2. The molecule has 0 radical (unpaired) electrons. The Morgan fingerprint density at radius 3 is 2.84 bits per heavy atom. The Bertz CT molecular complexity index is 660. The van der Waals surface area contributed by atoms with Crippen molar-refractivity contribution in [2.45, 2.75) is 6.42 Å². The van der Waals surface area contributed by atoms with E-state index in [1.54, 1.807) is 7.11 Å². The zero-order valence-corrected chi connectivity index (χ0v) is 11.7. The van der Waals surface area contributed by atoms with Crippen LogP contribution in [0.1, 0.15) is 5.56 Å². The number of fused-ring (bicyclic) bond motifs is 1. The number of nitrogens with one attached hydrogen (secondary N) is 1. The summed E-state index contributed by atoms with van der Waals surface area (Å²) in [5.74, 6) is 1.57. The second-order valence-electron chi connectivity index (χ2n) is 4.07. The molecule has 0 aliphatic carbocycles. The first-order valence-corrected chi connectivity index (χ1v) is 6.81. The van der Waals surface area contributed by atoms with Gasteiger partial charge >= 0.3 is 0 Å². The summed E-state index contributed by atoms with van der Waals surface area (Å²) < 4.78 is 13.3. The Labute approximate surface area is 120 Å². The molecule has 0 fully saturated rings. The molecule has 0 amide bonds. The van der Waals surface area contributed by atoms with Gasteiger partial charge in [-0.1, -0.05) is 41.0 Å². The number of hydrogen-bond donors (Lipinski definition) is 1. The molecule has 0 aromatic heterocycles. The third-order valence-electron chi connectivity index (χ3n) is 2.93. The molecular weight excluding hydrogens is 284 g/mol. The van der Waals surface area contributed by atoms with Crippen LogP contribution in [0.2, 0.25) is 5.02 Å². The Balaban J connectivity index is 2.12. The van der Waals surface area contributed by atoms with Gasteiger partial charge in [0.05, 0.1) is 7.11 Å². The summed E-state index contributed by atoms with van der Waals surface area (Å²) in [6, 6.07) is 9.82. The van der Waals surface area contributed by atoms with E-state index in [4.69, 9.17) is 20.6 Å². The predicted molar refractivity (Wildman–Crippen MR) is 78.5 cm³/mol. The summed E-state index contributed by atoms with van der Waals surface area (Å²) in [5, 5.41) is 6.58. The van der Waals surface area contributed by atoms with Crippen molar-refractivity contribution in [2.24, 2.45) is 5.16 Å². The van der Waals surface area contributed by atoms with Gasteiger partial charge in [0.15, 0.2) is 5.84 Å². The van der Waals surface area contributed by atoms with Crippen molar-refractivity contribution in [3.63, 3.8) is 0 Å². The predicted octanol–water partition coefficient (Wildman–Crippen LogP) is 3.54. The number of benzene rings is 2. The number of amidine groups is 1. The molecular formula is C13H11ClN2O2S. The molecule has 2 aromatic rings. The van der Waals surface area contributed by atoms with E-state index in [0.717, 1.165) is 40.1 Å². The topological polar surface area (TPSA) is 42.9 Å². The Kier molecular flexibility index (Phi) is 3.40. The molecule has 0 atom stereocenters. The molecule has 0 bridgehead atoms. The maximum Gasteiger partial charge on any atom is 0.208 e. The van der Waals surface area contributed by atoms with Crippen molar-refractivity contribution in [3.05, 3.63) is 40.9 Å². The van der Waals surface area contributed by atoms with Crippen molar-refractivity contribution >= 4 is 40.4 Å². The van der Waals surface area contributed by atoms with E-state index in [2.05, 4.69) is 9.88 Å². The number of oxime groups is 1. The minimum Gasteiger partial charge on any atom is -0.496 e. The first-order valence-electron chi connectivity index (χ1n) is 5.69. The average Bonchev–Trinajstić information content (AvgIpc) is 2.92. The van der Waals surface area contributed by atoms with Crippen LogP contribution in [0, 0.1) is 0 Å². The van der Waals surface area contributed by atoms with Gasteiger partial charge in [-0.15, -0.1) is 0 Å². The lowest BCUT2D eigenvalue weighted by atomic mass is 10.0. The summed E-state index contributed by atoms with van der Waals surface area (Å²) in [5.41, 5.74) is 0.976. The van der Waals surface area contributed by atoms with Gasteiger partial charge in [0, 0.05) is 27.8 Å². The number of methoxy groups -OCH3 is 1. The molecule has 1 heterocycles. The molecule has 0 unspecified atom stereocenters. The Morgan fingerprint density at radius 1 is 1.37 bits per heavy atom. The van der Waals surface area contributed by atoms with Gasteiger partial charge in [-0.05, 0) is 6.07 Å². The van der Waals surface area contributed by atoms with Crippen LogP contribution in [0.3, 0.4) is 0 Å². The van der Waals surface area contributed by atoms with E-state index >= 15 is 0 Å². The van der Waals surface area contributed by atoms with Crippen LogP contribution >= 0.6 is 23.8 Å². The zero-order valence-electron chi connectivity index (χ0n) is 10.1. The molecule has 1 aliphatic rings. The summed E-state index contributed by atoms with van der Waals surface area (Å²) >= 11 is 7.42. The van der Waals surface area contributed by atoms with Gasteiger partial charge in [0.2, 0.25) is 12.2 Å². The fourth-order valence-corrected chi connectivity index (χ4v) is 2.80. The second kappa shape index (κ2) is 5.19. The summed E-state index contributed by atoms with van der Waals surface area (Å²) in [7, 11) is 1.66. The first-order chi connectivity index (χ1) is 9.29. The van der Waals surface area contributed by atoms with Gasteiger partial charge in [0.25, 0.3) is 0 Å². The van der Waals surface area contributed by atoms with Crippen molar-refractivity contribution in [3.8, 4) is 5.75 Å². The Morgan fingerprint density at radius 2 is 2.16 bits per heavy atom. The van der Waals surface area contributed by atoms with E-state index in [1.165, 1.54) is 0 Å². The van der Waals surface area contributed by atoms with E-state index < -0.39 is 0 Å². The lowest BCUT2D eigenvalue weighted by Gasteiger charge is -2.12. The van der Waals surface area contributed by atoms with Crippen molar-refractivity contribution in [1.82, 2.24) is 4.72 Å². The van der Waals surface area contributed by atoms with Crippen LogP contribution in [0.4, 0.5) is 0 Å². The normalized spacial score (nSPS) is 13.9. The molecule has 1 N–H and O–H groups in total. The quantitative estimate of drug-likeness (QED) is 0.694. The fourth-order valence-electron chi connectivity index (χ4n) is 2.13. The fraction of sp³-hybridized carbons (Fsp3) is 0.154. The maximum absolute atomic E-state index is 6.32. The molecule has 0 saturated heterocycles. The second-order valence-corrected chi connectivity index (χ2v) is 5.00. The van der Waals surface area contributed by atoms with Gasteiger partial charge in [0.1, 0.15) is 5.75 Å². The highest BCUT2D eigenvalue weighted by Crippen LogP contribution is 2.35. The molecule has 4 nitrogen and oxygen atoms in total. The van der Waals surface area contributed by atoms with Crippen LogP contribution in [-0.2, 0) is 10.7 Å².